The Balaban J connectivity index is 0.00000361. The van der Waals surface area contributed by atoms with Crippen LogP contribution < -0.4 is 11.1 Å². The summed E-state index contributed by atoms with van der Waals surface area (Å²) in [6.07, 6.45) is 0.911. The maximum absolute atomic E-state index is 11.7. The summed E-state index contributed by atoms with van der Waals surface area (Å²) in [4.78, 5) is 12.9. The Morgan fingerprint density at radius 3 is 2.55 bits per heavy atom. The number of carbonyl (C=O) groups is 1. The molecular weight excluding hydrogens is 315 g/mol. The van der Waals surface area contributed by atoms with Crippen LogP contribution in [-0.4, -0.2) is 24.2 Å². The molecule has 0 aromatic heterocycles. The van der Waals surface area contributed by atoms with Crippen molar-refractivity contribution in [2.45, 2.75) is 31.2 Å². The molecule has 0 aliphatic rings. The van der Waals surface area contributed by atoms with Crippen molar-refractivity contribution < 1.29 is 4.79 Å². The Morgan fingerprint density at radius 1 is 1.40 bits per heavy atom. The van der Waals surface area contributed by atoms with Crippen LogP contribution in [0.2, 0.25) is 5.02 Å². The average Bonchev–Trinajstić information content (AvgIpc) is 2.43. The molecule has 0 aliphatic carbocycles. The normalized spacial score (nSPS) is 13.2. The van der Waals surface area contributed by atoms with Crippen molar-refractivity contribution in [2.24, 2.45) is 11.7 Å². The second-order valence-electron chi connectivity index (χ2n) is 4.50. The van der Waals surface area contributed by atoms with Crippen LogP contribution in [0.5, 0.6) is 0 Å². The summed E-state index contributed by atoms with van der Waals surface area (Å²) in [6.45, 7) is 4.65. The van der Waals surface area contributed by atoms with E-state index >= 15 is 0 Å². The van der Waals surface area contributed by atoms with Gasteiger partial charge in [0.25, 0.3) is 0 Å². The van der Waals surface area contributed by atoms with Gasteiger partial charge >= 0.3 is 0 Å². The number of nitrogens with one attached hydrogen (secondary N) is 1. The predicted molar refractivity (Wildman–Crippen MR) is 89.9 cm³/mol. The van der Waals surface area contributed by atoms with Crippen LogP contribution in [0.3, 0.4) is 0 Å². The van der Waals surface area contributed by atoms with Crippen LogP contribution in [0.4, 0.5) is 0 Å². The molecular formula is C14H22Cl2N2OS. The molecule has 0 saturated carbocycles. The number of hydrogen-bond donors (Lipinski definition) is 2. The number of amides is 1. The lowest BCUT2D eigenvalue weighted by atomic mass is 9.99. The lowest BCUT2D eigenvalue weighted by molar-refractivity contribution is -0.123. The second-order valence-corrected chi connectivity index (χ2v) is 6.11. The van der Waals surface area contributed by atoms with Crippen molar-refractivity contribution in [3.63, 3.8) is 0 Å². The van der Waals surface area contributed by atoms with E-state index in [0.29, 0.717) is 6.54 Å². The summed E-state index contributed by atoms with van der Waals surface area (Å²) >= 11 is 7.50. The van der Waals surface area contributed by atoms with Gasteiger partial charge in [-0.15, -0.1) is 24.2 Å². The van der Waals surface area contributed by atoms with Gasteiger partial charge in [-0.25, -0.2) is 0 Å². The molecule has 0 saturated heterocycles. The Hall–Kier alpha value is -0.420. The minimum Gasteiger partial charge on any atom is -0.354 e. The number of thioether (sulfide) groups is 1. The highest BCUT2D eigenvalue weighted by molar-refractivity contribution is 7.99. The van der Waals surface area contributed by atoms with Gasteiger partial charge in [0.15, 0.2) is 0 Å². The molecule has 6 heteroatoms. The number of rotatable bonds is 7. The molecule has 1 rings (SSSR count). The van der Waals surface area contributed by atoms with E-state index in [9.17, 15) is 4.79 Å². The Kier molecular flexibility index (Phi) is 10.1. The van der Waals surface area contributed by atoms with E-state index in [2.05, 4.69) is 5.32 Å². The quantitative estimate of drug-likeness (QED) is 0.593. The molecule has 0 spiro atoms. The first-order valence-electron chi connectivity index (χ1n) is 6.46. The molecule has 2 atom stereocenters. The van der Waals surface area contributed by atoms with Crippen molar-refractivity contribution in [1.29, 1.82) is 0 Å². The average molecular weight is 337 g/mol. The van der Waals surface area contributed by atoms with Crippen molar-refractivity contribution in [2.75, 3.05) is 12.3 Å². The lowest BCUT2D eigenvalue weighted by Gasteiger charge is -2.17. The third kappa shape index (κ3) is 6.84. The largest absolute Gasteiger partial charge is 0.354 e. The van der Waals surface area contributed by atoms with E-state index < -0.39 is 6.04 Å². The van der Waals surface area contributed by atoms with Crippen molar-refractivity contribution >= 4 is 41.7 Å². The molecule has 0 bridgehead atoms. The highest BCUT2D eigenvalue weighted by Gasteiger charge is 2.18. The lowest BCUT2D eigenvalue weighted by Crippen LogP contribution is -2.45. The predicted octanol–water partition coefficient (Wildman–Crippen LogP) is 3.34. The first-order chi connectivity index (χ1) is 9.04. The van der Waals surface area contributed by atoms with Gasteiger partial charge in [0.2, 0.25) is 5.91 Å². The SMILES string of the molecule is CCC(C)C(N)C(=O)NCCSc1ccc(Cl)cc1.Cl. The number of hydrogen-bond acceptors (Lipinski definition) is 3. The maximum Gasteiger partial charge on any atom is 0.237 e. The van der Waals surface area contributed by atoms with Gasteiger partial charge in [-0.2, -0.15) is 0 Å². The fourth-order valence-electron chi connectivity index (χ4n) is 1.50. The summed E-state index contributed by atoms with van der Waals surface area (Å²) < 4.78 is 0. The fraction of sp³-hybridized carbons (Fsp3) is 0.500. The van der Waals surface area contributed by atoms with Gasteiger partial charge in [-0.1, -0.05) is 31.9 Å². The van der Waals surface area contributed by atoms with E-state index in [-0.39, 0.29) is 24.2 Å². The zero-order valence-electron chi connectivity index (χ0n) is 11.8. The summed E-state index contributed by atoms with van der Waals surface area (Å²) in [7, 11) is 0. The highest BCUT2D eigenvalue weighted by atomic mass is 35.5. The standard InChI is InChI=1S/C14H21ClN2OS.ClH/c1-3-10(2)13(16)14(18)17-8-9-19-12-6-4-11(15)5-7-12;/h4-7,10,13H,3,8-9,16H2,1-2H3,(H,17,18);1H. The third-order valence-electron chi connectivity index (χ3n) is 3.04. The van der Waals surface area contributed by atoms with E-state index in [0.717, 1.165) is 22.1 Å². The molecule has 0 radical (unpaired) electrons. The van der Waals surface area contributed by atoms with Gasteiger partial charge in [-0.05, 0) is 30.2 Å². The van der Waals surface area contributed by atoms with Crippen LogP contribution in [0, 0.1) is 5.92 Å². The molecule has 1 aromatic rings. The third-order valence-corrected chi connectivity index (χ3v) is 4.31. The molecule has 1 amide bonds. The molecule has 0 heterocycles. The first-order valence-corrected chi connectivity index (χ1v) is 7.82. The number of carbonyl (C=O) groups excluding carboxylic acids is 1. The molecule has 20 heavy (non-hydrogen) atoms. The van der Waals surface area contributed by atoms with E-state index in [1.807, 2.05) is 38.1 Å². The molecule has 3 nitrogen and oxygen atoms in total. The molecule has 2 unspecified atom stereocenters. The molecule has 0 fully saturated rings. The van der Waals surface area contributed by atoms with Crippen LogP contribution in [0.25, 0.3) is 0 Å². The summed E-state index contributed by atoms with van der Waals surface area (Å²) in [5.74, 6) is 0.968. The van der Waals surface area contributed by atoms with Crippen LogP contribution >= 0.6 is 35.8 Å². The smallest absolute Gasteiger partial charge is 0.237 e. The zero-order chi connectivity index (χ0) is 14.3. The number of benzene rings is 1. The van der Waals surface area contributed by atoms with Crippen LogP contribution in [-0.2, 0) is 4.79 Å². The number of halogens is 2. The Morgan fingerprint density at radius 2 is 2.00 bits per heavy atom. The topological polar surface area (TPSA) is 55.1 Å². The highest BCUT2D eigenvalue weighted by Crippen LogP contribution is 2.19. The van der Waals surface area contributed by atoms with Gasteiger partial charge < -0.3 is 11.1 Å². The molecule has 114 valence electrons. The van der Waals surface area contributed by atoms with Crippen molar-refractivity contribution in [3.8, 4) is 0 Å². The molecule has 3 N–H and O–H groups in total. The minimum atomic E-state index is -0.412. The number of nitrogens with two attached hydrogens (primary N) is 1. The van der Waals surface area contributed by atoms with Crippen LogP contribution in [0.1, 0.15) is 20.3 Å². The Bertz CT molecular complexity index is 401. The fourth-order valence-corrected chi connectivity index (χ4v) is 2.40. The summed E-state index contributed by atoms with van der Waals surface area (Å²) in [6, 6.07) is 7.26. The van der Waals surface area contributed by atoms with E-state index in [1.54, 1.807) is 11.8 Å². The monoisotopic (exact) mass is 336 g/mol. The Labute approximate surface area is 136 Å². The van der Waals surface area contributed by atoms with Gasteiger partial charge in [0.05, 0.1) is 6.04 Å². The first kappa shape index (κ1) is 19.6. The second kappa shape index (κ2) is 10.3. The summed E-state index contributed by atoms with van der Waals surface area (Å²) in [5.41, 5.74) is 5.85. The van der Waals surface area contributed by atoms with Gasteiger partial charge in [0, 0.05) is 22.2 Å². The summed E-state index contributed by atoms with van der Waals surface area (Å²) in [5, 5.41) is 3.60. The van der Waals surface area contributed by atoms with Crippen molar-refractivity contribution in [1.82, 2.24) is 5.32 Å². The molecule has 0 aliphatic heterocycles. The van der Waals surface area contributed by atoms with E-state index in [1.165, 1.54) is 0 Å². The van der Waals surface area contributed by atoms with Gasteiger partial charge in [0.1, 0.15) is 0 Å². The molecule has 1 aromatic carbocycles. The zero-order valence-corrected chi connectivity index (χ0v) is 14.2. The van der Waals surface area contributed by atoms with Crippen molar-refractivity contribution in [3.05, 3.63) is 29.3 Å². The van der Waals surface area contributed by atoms with Gasteiger partial charge in [-0.3, -0.25) is 4.79 Å². The maximum atomic E-state index is 11.7. The minimum absolute atomic E-state index is 0. The van der Waals surface area contributed by atoms with Crippen LogP contribution in [0.15, 0.2) is 29.2 Å². The van der Waals surface area contributed by atoms with E-state index in [4.69, 9.17) is 17.3 Å².